The van der Waals surface area contributed by atoms with Gasteiger partial charge in [-0.1, -0.05) is 0 Å². The van der Waals surface area contributed by atoms with Gasteiger partial charge in [0.2, 0.25) is 11.9 Å². The summed E-state index contributed by atoms with van der Waals surface area (Å²) in [7, 11) is 0. The third kappa shape index (κ3) is 4.01. The van der Waals surface area contributed by atoms with Crippen molar-refractivity contribution >= 4 is 33.4 Å². The van der Waals surface area contributed by atoms with Gasteiger partial charge in [-0.3, -0.25) is 0 Å². The molecule has 0 saturated carbocycles. The first-order chi connectivity index (χ1) is 22.3. The average Bonchev–Trinajstić information content (AvgIpc) is 3.57. The number of benzene rings is 1. The van der Waals surface area contributed by atoms with Crippen LogP contribution in [0.25, 0.3) is 33.4 Å². The molecule has 0 aliphatic heterocycles. The number of rotatable bonds is 2. The van der Waals surface area contributed by atoms with Crippen molar-refractivity contribution in [2.75, 3.05) is 0 Å². The highest BCUT2D eigenvalue weighted by Crippen LogP contribution is 2.56. The molecule has 2 aliphatic rings. The van der Waals surface area contributed by atoms with Gasteiger partial charge < -0.3 is 0 Å². The maximum absolute atomic E-state index is 14.4. The number of allylic oxidation sites excluding steroid dienone is 8. The quantitative estimate of drug-likeness (QED) is 0.287. The molecule has 2 heterocycles. The predicted octanol–water partition coefficient (Wildman–Crippen LogP) is 4.87. The van der Waals surface area contributed by atoms with Gasteiger partial charge in [-0.05, 0) is 11.6 Å². The smallest absolute Gasteiger partial charge is 0.213 e. The molecule has 0 unspecified atom stereocenters. The zero-order valence-electron chi connectivity index (χ0n) is 22.6. The van der Waals surface area contributed by atoms with Gasteiger partial charge in [0, 0.05) is 74.6 Å². The van der Waals surface area contributed by atoms with Crippen LogP contribution in [0.2, 0.25) is 0 Å². The molecule has 1 aromatic carbocycles. The van der Waals surface area contributed by atoms with Gasteiger partial charge in [-0.2, -0.15) is 56.1 Å². The van der Waals surface area contributed by atoms with Crippen LogP contribution >= 0.6 is 0 Å². The first-order valence-electron chi connectivity index (χ1n) is 12.4. The van der Waals surface area contributed by atoms with E-state index >= 15 is 0 Å². The van der Waals surface area contributed by atoms with Crippen LogP contribution in [0.3, 0.4) is 0 Å². The van der Waals surface area contributed by atoms with E-state index in [1.165, 1.54) is 6.07 Å². The second-order valence-corrected chi connectivity index (χ2v) is 9.21. The van der Waals surface area contributed by atoms with Crippen molar-refractivity contribution in [3.63, 3.8) is 0 Å². The third-order valence-corrected chi connectivity index (χ3v) is 7.17. The van der Waals surface area contributed by atoms with E-state index < -0.39 is 28.6 Å². The molecule has 13 heteroatoms. The molecule has 0 amide bonds. The van der Waals surface area contributed by atoms with Crippen LogP contribution in [-0.2, 0) is 0 Å². The van der Waals surface area contributed by atoms with E-state index in [-0.39, 0.29) is 77.9 Å². The molecule has 2 aromatic heterocycles. The Morgan fingerprint density at radius 3 is 1.41 bits per heavy atom. The van der Waals surface area contributed by atoms with Crippen LogP contribution < -0.4 is 0 Å². The fraction of sp³-hybridized carbons (Fsp3) is 0. The van der Waals surface area contributed by atoms with Crippen LogP contribution in [0.4, 0.5) is 8.78 Å². The lowest BCUT2D eigenvalue weighted by Crippen LogP contribution is -2.01. The summed E-state index contributed by atoms with van der Waals surface area (Å²) in [5, 5.41) is 90.6. The molecule has 0 N–H and O–H groups in total. The van der Waals surface area contributed by atoms with Gasteiger partial charge >= 0.3 is 0 Å². The van der Waals surface area contributed by atoms with Gasteiger partial charge in [-0.15, -0.1) is 0 Å². The van der Waals surface area contributed by atoms with E-state index in [2.05, 4.69) is 9.97 Å². The predicted molar refractivity (Wildman–Crippen MR) is 150 cm³/mol. The highest BCUT2D eigenvalue weighted by Gasteiger charge is 2.41. The third-order valence-electron chi connectivity index (χ3n) is 7.17. The van der Waals surface area contributed by atoms with E-state index in [0.717, 1.165) is 24.5 Å². The molecule has 0 spiro atoms. The molecule has 2 aliphatic carbocycles. The maximum Gasteiger partial charge on any atom is 0.213 e. The summed E-state index contributed by atoms with van der Waals surface area (Å²) in [5.41, 5.74) is -4.92. The Hall–Kier alpha value is -8.25. The number of pyridine rings is 2. The SMILES string of the molecule is N#CC(C#N)=C1C(c2cc(F)ncc2C#N)=C(C#N)c2c1cc1c(c2C#N)C(=C(C#N)C#N)C(c2cc(F)ncc2C#N)=C1C#N. The Bertz CT molecular complexity index is 2510. The second kappa shape index (κ2) is 11.2. The van der Waals surface area contributed by atoms with Crippen molar-refractivity contribution in [1.82, 2.24) is 9.97 Å². The minimum atomic E-state index is -1.07. The van der Waals surface area contributed by atoms with Crippen LogP contribution in [-0.4, -0.2) is 9.97 Å². The van der Waals surface area contributed by atoms with Gasteiger partial charge in [0.25, 0.3) is 0 Å². The zero-order chi connectivity index (χ0) is 33.3. The number of aromatic nitrogens is 2. The summed E-state index contributed by atoms with van der Waals surface area (Å²) in [6.07, 6.45) is 1.76. The number of nitrogens with zero attached hydrogens (tertiary/aromatic N) is 11. The van der Waals surface area contributed by atoms with Crippen molar-refractivity contribution in [3.05, 3.63) is 104 Å². The van der Waals surface area contributed by atoms with E-state index in [1.54, 1.807) is 24.3 Å². The normalized spacial score (nSPS) is 12.1. The van der Waals surface area contributed by atoms with Crippen molar-refractivity contribution in [1.29, 1.82) is 47.4 Å². The molecule has 5 rings (SSSR count). The molecular formula is C33H5F2N11. The molecule has 206 valence electrons. The minimum Gasteiger partial charge on any atom is -0.227 e. The fourth-order valence-electron chi connectivity index (χ4n) is 5.48. The Morgan fingerprint density at radius 1 is 0.500 bits per heavy atom. The lowest BCUT2D eigenvalue weighted by Gasteiger charge is -2.14. The minimum absolute atomic E-state index is 0.105. The van der Waals surface area contributed by atoms with Crippen molar-refractivity contribution in [3.8, 4) is 54.6 Å². The van der Waals surface area contributed by atoms with Crippen LogP contribution in [0.15, 0.2) is 41.7 Å². The van der Waals surface area contributed by atoms with Crippen molar-refractivity contribution < 1.29 is 8.78 Å². The number of hydrogen-bond donors (Lipinski definition) is 0. The van der Waals surface area contributed by atoms with Gasteiger partial charge in [0.1, 0.15) is 65.8 Å². The van der Waals surface area contributed by atoms with E-state index in [4.69, 9.17) is 0 Å². The molecule has 46 heavy (non-hydrogen) atoms. The largest absolute Gasteiger partial charge is 0.227 e. The van der Waals surface area contributed by atoms with Gasteiger partial charge in [-0.25, -0.2) is 9.97 Å². The maximum atomic E-state index is 14.4. The number of hydrogen-bond acceptors (Lipinski definition) is 11. The molecule has 0 bridgehead atoms. The molecular weight excluding hydrogens is 588 g/mol. The standard InChI is InChI=1S/C33H5F2N11/c34-26-2-19(17(8-40)13-45-26)31-23(10-42)21-1-22-28(15(4-36)5-37)32(20-3-27(35)46-14-18(20)9-41)24(11-43)30(22)25(12-44)33(21)29(31)16(6-38)7-39/h1-3,13-14H. The summed E-state index contributed by atoms with van der Waals surface area (Å²) >= 11 is 0. The number of fused-ring (bicyclic) bond motifs is 2. The summed E-state index contributed by atoms with van der Waals surface area (Å²) in [4.78, 5) is 6.89. The van der Waals surface area contributed by atoms with E-state index in [9.17, 15) is 56.1 Å². The van der Waals surface area contributed by atoms with Gasteiger partial charge in [0.15, 0.2) is 0 Å². The number of halogens is 2. The van der Waals surface area contributed by atoms with E-state index in [1.807, 2.05) is 30.3 Å². The summed E-state index contributed by atoms with van der Waals surface area (Å²) in [6, 6.07) is 19.0. The molecule has 0 atom stereocenters. The van der Waals surface area contributed by atoms with Crippen LogP contribution in [0.1, 0.15) is 50.1 Å². The Kier molecular flexibility index (Phi) is 7.12. The highest BCUT2D eigenvalue weighted by molar-refractivity contribution is 6.31. The lowest BCUT2D eigenvalue weighted by atomic mass is 9.85. The molecule has 0 saturated heterocycles. The van der Waals surface area contributed by atoms with Crippen molar-refractivity contribution in [2.45, 2.75) is 0 Å². The van der Waals surface area contributed by atoms with Crippen molar-refractivity contribution in [2.24, 2.45) is 0 Å². The zero-order valence-corrected chi connectivity index (χ0v) is 22.6. The molecule has 11 nitrogen and oxygen atoms in total. The Balaban J connectivity index is 2.08. The van der Waals surface area contributed by atoms with Crippen LogP contribution in [0, 0.1) is 114 Å². The van der Waals surface area contributed by atoms with E-state index in [0.29, 0.717) is 0 Å². The lowest BCUT2D eigenvalue weighted by molar-refractivity contribution is 0.582. The van der Waals surface area contributed by atoms with Gasteiger partial charge in [0.05, 0.1) is 27.8 Å². The monoisotopic (exact) mass is 593 g/mol. The summed E-state index contributed by atoms with van der Waals surface area (Å²) in [5.74, 6) is -2.13. The first-order valence-corrected chi connectivity index (χ1v) is 12.4. The average molecular weight is 593 g/mol. The van der Waals surface area contributed by atoms with Crippen LogP contribution in [0.5, 0.6) is 0 Å². The summed E-state index contributed by atoms with van der Waals surface area (Å²) < 4.78 is 28.9. The molecule has 0 fully saturated rings. The Labute approximate surface area is 257 Å². The molecule has 3 aromatic rings. The summed E-state index contributed by atoms with van der Waals surface area (Å²) in [6.45, 7) is 0. The second-order valence-electron chi connectivity index (χ2n) is 9.21. The number of nitriles is 9. The Morgan fingerprint density at radius 2 is 0.978 bits per heavy atom. The molecule has 0 radical (unpaired) electrons. The highest BCUT2D eigenvalue weighted by atomic mass is 19.1. The fourth-order valence-corrected chi connectivity index (χ4v) is 5.48. The first kappa shape index (κ1) is 29.2. The topological polar surface area (TPSA) is 240 Å².